The van der Waals surface area contributed by atoms with Crippen molar-refractivity contribution in [3.8, 4) is 11.5 Å². The van der Waals surface area contributed by atoms with Gasteiger partial charge >= 0.3 is 5.63 Å². The minimum Gasteiger partial charge on any atom is -0.506 e. The van der Waals surface area contributed by atoms with Gasteiger partial charge in [0, 0.05) is 18.6 Å². The van der Waals surface area contributed by atoms with E-state index in [-0.39, 0.29) is 35.5 Å². The van der Waals surface area contributed by atoms with Gasteiger partial charge in [-0.15, -0.1) is 0 Å². The van der Waals surface area contributed by atoms with Crippen LogP contribution in [0.1, 0.15) is 37.3 Å². The minimum atomic E-state index is -0.727. The predicted molar refractivity (Wildman–Crippen MR) is 103 cm³/mol. The molecule has 8 heteroatoms. The summed E-state index contributed by atoms with van der Waals surface area (Å²) in [6.07, 6.45) is 2.55. The number of benzene rings is 1. The van der Waals surface area contributed by atoms with Crippen molar-refractivity contribution in [2.45, 2.75) is 39.4 Å². The Hall–Kier alpha value is -2.58. The first-order valence-electron chi connectivity index (χ1n) is 9.32. The number of aryl methyl sites for hydroxylation is 1. The molecule has 0 amide bonds. The van der Waals surface area contributed by atoms with Crippen LogP contribution in [0.15, 0.2) is 26.5 Å². The molecule has 0 radical (unpaired) electrons. The van der Waals surface area contributed by atoms with Crippen LogP contribution in [0.3, 0.4) is 0 Å². The second kappa shape index (κ2) is 9.07. The molecule has 1 aliphatic rings. The summed E-state index contributed by atoms with van der Waals surface area (Å²) in [5, 5.41) is 14.9. The number of hydrogen-bond donors (Lipinski definition) is 1. The Kier molecular flexibility index (Phi) is 6.53. The second-order valence-electron chi connectivity index (χ2n) is 6.45. The van der Waals surface area contributed by atoms with Crippen molar-refractivity contribution < 1.29 is 28.6 Å². The SMILES string of the molecule is CCOC/C(=N/OC)c1c(O)c2ccc(OC3CCCCO3)c(C)c2oc1=O. The summed E-state index contributed by atoms with van der Waals surface area (Å²) in [4.78, 5) is 17.4. The molecule has 1 N–H and O–H groups in total. The van der Waals surface area contributed by atoms with Crippen LogP contribution in [0.25, 0.3) is 11.0 Å². The van der Waals surface area contributed by atoms with Crippen LogP contribution < -0.4 is 10.4 Å². The first-order chi connectivity index (χ1) is 13.6. The molecule has 28 heavy (non-hydrogen) atoms. The highest BCUT2D eigenvalue weighted by atomic mass is 16.7. The van der Waals surface area contributed by atoms with E-state index in [1.807, 2.05) is 6.92 Å². The zero-order chi connectivity index (χ0) is 20.1. The standard InChI is InChI=1S/C20H25NO7/c1-4-25-11-14(21-24-3)17-18(22)13-8-9-15(12(2)19(13)28-20(17)23)27-16-7-5-6-10-26-16/h8-9,16,22H,4-7,10-11H2,1-3H3/b21-14-. The third-order valence-corrected chi connectivity index (χ3v) is 4.58. The molecule has 0 bridgehead atoms. The lowest BCUT2D eigenvalue weighted by Gasteiger charge is -2.24. The van der Waals surface area contributed by atoms with E-state index < -0.39 is 5.63 Å². The Balaban J connectivity index is 2.03. The molecule has 2 heterocycles. The van der Waals surface area contributed by atoms with E-state index in [0.717, 1.165) is 19.3 Å². The van der Waals surface area contributed by atoms with Crippen LogP contribution in [0, 0.1) is 6.92 Å². The molecule has 0 spiro atoms. The topological polar surface area (TPSA) is 99.7 Å². The summed E-state index contributed by atoms with van der Waals surface area (Å²) in [7, 11) is 1.35. The van der Waals surface area contributed by atoms with Crippen molar-refractivity contribution in [1.29, 1.82) is 0 Å². The maximum absolute atomic E-state index is 12.6. The van der Waals surface area contributed by atoms with E-state index in [4.69, 9.17) is 23.5 Å². The number of ether oxygens (including phenoxy) is 3. The summed E-state index contributed by atoms with van der Waals surface area (Å²) in [6, 6.07) is 3.38. The van der Waals surface area contributed by atoms with E-state index in [2.05, 4.69) is 5.16 Å². The van der Waals surface area contributed by atoms with Gasteiger partial charge in [0.05, 0.1) is 18.6 Å². The summed E-state index contributed by atoms with van der Waals surface area (Å²) in [6.45, 7) is 4.68. The molecule has 1 aliphatic heterocycles. The number of rotatable bonds is 7. The quantitative estimate of drug-likeness (QED) is 0.440. The van der Waals surface area contributed by atoms with Gasteiger partial charge < -0.3 is 28.6 Å². The Labute approximate surface area is 162 Å². The van der Waals surface area contributed by atoms with E-state index >= 15 is 0 Å². The molecule has 1 atom stereocenters. The molecule has 1 aromatic carbocycles. The number of hydrogen-bond acceptors (Lipinski definition) is 8. The summed E-state index contributed by atoms with van der Waals surface area (Å²) >= 11 is 0. The van der Waals surface area contributed by atoms with Crippen molar-refractivity contribution in [2.24, 2.45) is 5.16 Å². The maximum Gasteiger partial charge on any atom is 0.349 e. The third-order valence-electron chi connectivity index (χ3n) is 4.58. The first kappa shape index (κ1) is 20.2. The number of aromatic hydroxyl groups is 1. The molecule has 1 fully saturated rings. The minimum absolute atomic E-state index is 0.00730. The normalized spacial score (nSPS) is 17.7. The molecule has 3 rings (SSSR count). The molecule has 152 valence electrons. The fraction of sp³-hybridized carbons (Fsp3) is 0.500. The van der Waals surface area contributed by atoms with Gasteiger partial charge in [-0.25, -0.2) is 4.79 Å². The molecular formula is C20H25NO7. The van der Waals surface area contributed by atoms with Crippen molar-refractivity contribution in [3.05, 3.63) is 33.7 Å². The predicted octanol–water partition coefficient (Wildman–Crippen LogP) is 3.10. The average molecular weight is 391 g/mol. The number of oxime groups is 1. The van der Waals surface area contributed by atoms with Crippen molar-refractivity contribution in [2.75, 3.05) is 26.9 Å². The lowest BCUT2D eigenvalue weighted by atomic mass is 10.1. The van der Waals surface area contributed by atoms with E-state index in [0.29, 0.717) is 29.9 Å². The summed E-state index contributed by atoms with van der Waals surface area (Å²) < 4.78 is 22.3. The Morgan fingerprint density at radius 3 is 2.86 bits per heavy atom. The van der Waals surface area contributed by atoms with E-state index in [1.165, 1.54) is 7.11 Å². The van der Waals surface area contributed by atoms with Gasteiger partial charge in [0.25, 0.3) is 0 Å². The summed E-state index contributed by atoms with van der Waals surface area (Å²) in [5.74, 6) is 0.320. The van der Waals surface area contributed by atoms with Gasteiger partial charge in [0.2, 0.25) is 0 Å². The lowest BCUT2D eigenvalue weighted by molar-refractivity contribution is -0.106. The van der Waals surface area contributed by atoms with Gasteiger partial charge in [0.15, 0.2) is 6.29 Å². The first-order valence-corrected chi connectivity index (χ1v) is 9.32. The van der Waals surface area contributed by atoms with Crippen molar-refractivity contribution in [1.82, 2.24) is 0 Å². The van der Waals surface area contributed by atoms with Crippen molar-refractivity contribution in [3.63, 3.8) is 0 Å². The fourth-order valence-corrected chi connectivity index (χ4v) is 3.15. The number of nitrogens with zero attached hydrogens (tertiary/aromatic N) is 1. The number of fused-ring (bicyclic) bond motifs is 1. The zero-order valence-corrected chi connectivity index (χ0v) is 16.3. The second-order valence-corrected chi connectivity index (χ2v) is 6.45. The van der Waals surface area contributed by atoms with Gasteiger partial charge in [-0.3, -0.25) is 0 Å². The highest BCUT2D eigenvalue weighted by Crippen LogP contribution is 2.34. The maximum atomic E-state index is 12.6. The molecule has 8 nitrogen and oxygen atoms in total. The smallest absolute Gasteiger partial charge is 0.349 e. The van der Waals surface area contributed by atoms with Crippen LogP contribution >= 0.6 is 0 Å². The zero-order valence-electron chi connectivity index (χ0n) is 16.3. The van der Waals surface area contributed by atoms with E-state index in [1.54, 1.807) is 19.1 Å². The van der Waals surface area contributed by atoms with Crippen molar-refractivity contribution >= 4 is 16.7 Å². The largest absolute Gasteiger partial charge is 0.506 e. The molecule has 0 aliphatic carbocycles. The average Bonchev–Trinajstić information content (AvgIpc) is 2.69. The molecule has 1 saturated heterocycles. The van der Waals surface area contributed by atoms with Crippen LogP contribution in [-0.4, -0.2) is 44.0 Å². The van der Waals surface area contributed by atoms with Gasteiger partial charge in [-0.2, -0.15) is 0 Å². The molecule has 0 saturated carbocycles. The lowest BCUT2D eigenvalue weighted by Crippen LogP contribution is -2.25. The Morgan fingerprint density at radius 2 is 2.18 bits per heavy atom. The highest BCUT2D eigenvalue weighted by Gasteiger charge is 2.23. The van der Waals surface area contributed by atoms with E-state index in [9.17, 15) is 9.90 Å². The van der Waals surface area contributed by atoms with Gasteiger partial charge in [-0.1, -0.05) is 5.16 Å². The van der Waals surface area contributed by atoms with Crippen LogP contribution in [-0.2, 0) is 14.3 Å². The summed E-state index contributed by atoms with van der Waals surface area (Å²) in [5.41, 5.74) is 0.223. The molecule has 1 unspecified atom stereocenters. The molecule has 2 aromatic rings. The monoisotopic (exact) mass is 391 g/mol. The Bertz CT molecular complexity index is 913. The van der Waals surface area contributed by atoms with Crippen LogP contribution in [0.2, 0.25) is 0 Å². The Morgan fingerprint density at radius 1 is 1.36 bits per heavy atom. The van der Waals surface area contributed by atoms with Crippen LogP contribution in [0.4, 0.5) is 0 Å². The molecule has 1 aromatic heterocycles. The van der Waals surface area contributed by atoms with Gasteiger partial charge in [0.1, 0.15) is 35.5 Å². The van der Waals surface area contributed by atoms with Crippen LogP contribution in [0.5, 0.6) is 11.5 Å². The third kappa shape index (κ3) is 4.13. The molecular weight excluding hydrogens is 366 g/mol. The fourth-order valence-electron chi connectivity index (χ4n) is 3.15. The highest BCUT2D eigenvalue weighted by molar-refractivity contribution is 6.06. The van der Waals surface area contributed by atoms with Gasteiger partial charge in [-0.05, 0) is 38.8 Å².